The molecule has 6 heteroatoms. The molecule has 1 unspecified atom stereocenters. The van der Waals surface area contributed by atoms with Crippen LogP contribution in [-0.4, -0.2) is 29.3 Å². The van der Waals surface area contributed by atoms with Crippen LogP contribution in [0, 0.1) is 11.6 Å². The van der Waals surface area contributed by atoms with Crippen molar-refractivity contribution < 1.29 is 23.4 Å². The van der Waals surface area contributed by atoms with Crippen LogP contribution >= 0.6 is 0 Å². The first-order valence-corrected chi connectivity index (χ1v) is 7.48. The third-order valence-electron chi connectivity index (χ3n) is 3.81. The second kappa shape index (κ2) is 7.05. The first kappa shape index (κ1) is 16.7. The van der Waals surface area contributed by atoms with Crippen molar-refractivity contribution in [3.8, 4) is 5.75 Å². The number of carbonyl (C=O) groups excluding carboxylic acids is 1. The van der Waals surface area contributed by atoms with Gasteiger partial charge in [-0.05, 0) is 31.9 Å². The second-order valence-corrected chi connectivity index (χ2v) is 5.96. The van der Waals surface area contributed by atoms with Crippen LogP contribution in [0.5, 0.6) is 5.75 Å². The highest BCUT2D eigenvalue weighted by Gasteiger charge is 2.33. The fourth-order valence-electron chi connectivity index (χ4n) is 2.68. The Morgan fingerprint density at radius 1 is 1.41 bits per heavy atom. The van der Waals surface area contributed by atoms with Gasteiger partial charge in [0.25, 0.3) is 0 Å². The summed E-state index contributed by atoms with van der Waals surface area (Å²) in [5, 5.41) is 12.9. The van der Waals surface area contributed by atoms with Gasteiger partial charge in [-0.2, -0.15) is 0 Å². The average Bonchev–Trinajstić information content (AvgIpc) is 2.83. The Balaban J connectivity index is 1.77. The van der Waals surface area contributed by atoms with Crippen molar-refractivity contribution >= 4 is 5.91 Å². The van der Waals surface area contributed by atoms with E-state index in [0.717, 1.165) is 25.0 Å². The van der Waals surface area contributed by atoms with Crippen LogP contribution in [0.3, 0.4) is 0 Å². The molecule has 122 valence electrons. The Hall–Kier alpha value is -1.69. The quantitative estimate of drug-likeness (QED) is 0.848. The molecule has 1 amide bonds. The van der Waals surface area contributed by atoms with Crippen molar-refractivity contribution in [3.05, 3.63) is 29.8 Å². The lowest BCUT2D eigenvalue weighted by atomic mass is 9.97. The molecule has 1 saturated carbocycles. The molecule has 2 rings (SSSR count). The number of hydrogen-bond acceptors (Lipinski definition) is 3. The molecular formula is C16H21F2NO3. The van der Waals surface area contributed by atoms with Crippen LogP contribution in [-0.2, 0) is 4.79 Å². The Morgan fingerprint density at radius 2 is 2.09 bits per heavy atom. The predicted octanol–water partition coefficient (Wildman–Crippen LogP) is 2.54. The van der Waals surface area contributed by atoms with Gasteiger partial charge in [-0.15, -0.1) is 0 Å². The zero-order valence-corrected chi connectivity index (χ0v) is 12.6. The molecule has 1 aliphatic rings. The Kier molecular flexibility index (Phi) is 5.34. The number of carbonyl (C=O) groups is 1. The lowest BCUT2D eigenvalue weighted by Gasteiger charge is -2.23. The fourth-order valence-corrected chi connectivity index (χ4v) is 2.68. The minimum Gasteiger partial charge on any atom is -0.488 e. The van der Waals surface area contributed by atoms with Gasteiger partial charge in [0, 0.05) is 6.07 Å². The molecule has 0 saturated heterocycles. The third kappa shape index (κ3) is 4.66. The van der Waals surface area contributed by atoms with Gasteiger partial charge < -0.3 is 15.2 Å². The molecule has 1 atom stereocenters. The predicted molar refractivity (Wildman–Crippen MR) is 77.5 cm³/mol. The van der Waals surface area contributed by atoms with Crippen molar-refractivity contribution in [1.29, 1.82) is 0 Å². The number of halogens is 2. The van der Waals surface area contributed by atoms with Crippen LogP contribution < -0.4 is 10.1 Å². The summed E-state index contributed by atoms with van der Waals surface area (Å²) in [5.41, 5.74) is -0.895. The van der Waals surface area contributed by atoms with Crippen LogP contribution in [0.1, 0.15) is 39.0 Å². The molecule has 1 fully saturated rings. The van der Waals surface area contributed by atoms with Gasteiger partial charge in [0.1, 0.15) is 12.4 Å². The van der Waals surface area contributed by atoms with E-state index in [0.29, 0.717) is 12.8 Å². The highest BCUT2D eigenvalue weighted by Crippen LogP contribution is 2.32. The molecule has 4 nitrogen and oxygen atoms in total. The lowest BCUT2D eigenvalue weighted by molar-refractivity contribution is -0.126. The highest BCUT2D eigenvalue weighted by atomic mass is 19.1. The van der Waals surface area contributed by atoms with E-state index >= 15 is 0 Å². The molecule has 22 heavy (non-hydrogen) atoms. The summed E-state index contributed by atoms with van der Waals surface area (Å²) in [6.45, 7) is 1.78. The summed E-state index contributed by atoms with van der Waals surface area (Å²) >= 11 is 0. The number of aliphatic hydroxyl groups is 1. The Morgan fingerprint density at radius 3 is 2.73 bits per heavy atom. The van der Waals surface area contributed by atoms with Gasteiger partial charge in [-0.1, -0.05) is 12.8 Å². The monoisotopic (exact) mass is 313 g/mol. The number of hydrogen-bond donors (Lipinski definition) is 2. The van der Waals surface area contributed by atoms with Crippen LogP contribution in [0.15, 0.2) is 18.2 Å². The Labute approximate surface area is 128 Å². The summed E-state index contributed by atoms with van der Waals surface area (Å²) in [4.78, 5) is 11.9. The van der Waals surface area contributed by atoms with Crippen LogP contribution in [0.25, 0.3) is 0 Å². The maximum atomic E-state index is 13.4. The molecule has 0 radical (unpaired) electrons. The topological polar surface area (TPSA) is 58.6 Å². The van der Waals surface area contributed by atoms with Gasteiger partial charge in [-0.3, -0.25) is 4.79 Å². The minimum absolute atomic E-state index is 0.0584. The van der Waals surface area contributed by atoms with E-state index in [2.05, 4.69) is 5.32 Å². The zero-order chi connectivity index (χ0) is 16.2. The van der Waals surface area contributed by atoms with Gasteiger partial charge in [0.05, 0.1) is 18.1 Å². The van der Waals surface area contributed by atoms with E-state index in [1.165, 1.54) is 6.07 Å². The third-order valence-corrected chi connectivity index (χ3v) is 3.81. The molecule has 1 aromatic rings. The smallest absolute Gasteiger partial charge is 0.223 e. The molecule has 0 aromatic heterocycles. The number of benzene rings is 1. The SMILES string of the molecule is CC(COc1ccc(F)cc1F)NC(=O)CC1(O)CCCC1. The number of ether oxygens (including phenoxy) is 1. The van der Waals surface area contributed by atoms with Crippen molar-refractivity contribution in [1.82, 2.24) is 5.32 Å². The average molecular weight is 313 g/mol. The van der Waals surface area contributed by atoms with Gasteiger partial charge >= 0.3 is 0 Å². The summed E-state index contributed by atoms with van der Waals surface area (Å²) < 4.78 is 31.4. The molecule has 0 heterocycles. The molecule has 2 N–H and O–H groups in total. The summed E-state index contributed by atoms with van der Waals surface area (Å²) in [7, 11) is 0. The van der Waals surface area contributed by atoms with Crippen molar-refractivity contribution in [3.63, 3.8) is 0 Å². The van der Waals surface area contributed by atoms with Gasteiger partial charge in [0.15, 0.2) is 11.6 Å². The highest BCUT2D eigenvalue weighted by molar-refractivity contribution is 5.77. The van der Waals surface area contributed by atoms with Crippen molar-refractivity contribution in [2.75, 3.05) is 6.61 Å². The second-order valence-electron chi connectivity index (χ2n) is 5.96. The first-order valence-electron chi connectivity index (χ1n) is 7.48. The largest absolute Gasteiger partial charge is 0.488 e. The van der Waals surface area contributed by atoms with E-state index in [1.807, 2.05) is 0 Å². The van der Waals surface area contributed by atoms with Crippen LogP contribution in [0.4, 0.5) is 8.78 Å². The summed E-state index contributed by atoms with van der Waals surface area (Å²) in [6, 6.07) is 2.72. The lowest BCUT2D eigenvalue weighted by Crippen LogP contribution is -2.41. The molecule has 0 aliphatic heterocycles. The number of nitrogens with one attached hydrogen (secondary N) is 1. The maximum absolute atomic E-state index is 13.4. The van der Waals surface area contributed by atoms with Crippen molar-refractivity contribution in [2.24, 2.45) is 0 Å². The van der Waals surface area contributed by atoms with E-state index in [4.69, 9.17) is 4.74 Å². The summed E-state index contributed by atoms with van der Waals surface area (Å²) in [5.74, 6) is -1.76. The maximum Gasteiger partial charge on any atom is 0.223 e. The summed E-state index contributed by atoms with van der Waals surface area (Å²) in [6.07, 6.45) is 3.24. The van der Waals surface area contributed by atoms with E-state index < -0.39 is 17.2 Å². The zero-order valence-electron chi connectivity index (χ0n) is 12.6. The standard InChI is InChI=1S/C16H21F2NO3/c1-11(10-22-14-5-4-12(17)8-13(14)18)19-15(20)9-16(21)6-2-3-7-16/h4-5,8,11,21H,2-3,6-7,9-10H2,1H3,(H,19,20). The van der Waals surface area contributed by atoms with Crippen LogP contribution in [0.2, 0.25) is 0 Å². The van der Waals surface area contributed by atoms with Gasteiger partial charge in [0.2, 0.25) is 5.91 Å². The molecule has 0 bridgehead atoms. The van der Waals surface area contributed by atoms with E-state index in [9.17, 15) is 18.7 Å². The molecule has 1 aromatic carbocycles. The fraction of sp³-hybridized carbons (Fsp3) is 0.562. The number of amides is 1. The van der Waals surface area contributed by atoms with E-state index in [-0.39, 0.29) is 30.7 Å². The normalized spacial score (nSPS) is 18.0. The number of rotatable bonds is 6. The molecule has 0 spiro atoms. The minimum atomic E-state index is -0.895. The first-order chi connectivity index (χ1) is 10.4. The molecule has 1 aliphatic carbocycles. The van der Waals surface area contributed by atoms with Gasteiger partial charge in [-0.25, -0.2) is 8.78 Å². The Bertz CT molecular complexity index is 530. The van der Waals surface area contributed by atoms with E-state index in [1.54, 1.807) is 6.92 Å². The van der Waals surface area contributed by atoms with Crippen molar-refractivity contribution in [2.45, 2.75) is 50.7 Å². The molecular weight excluding hydrogens is 292 g/mol.